The molecule has 0 fully saturated rings. The first-order chi connectivity index (χ1) is 7.70. The van der Waals surface area contributed by atoms with Crippen LogP contribution >= 0.6 is 0 Å². The van der Waals surface area contributed by atoms with Gasteiger partial charge in [0, 0.05) is 18.0 Å². The number of alkyl halides is 3. The number of halogens is 3. The Kier molecular flexibility index (Phi) is 3.78. The van der Waals surface area contributed by atoms with Crippen LogP contribution in [-0.2, 0) is 6.18 Å². The molecular weight excluding hydrogens is 235 g/mol. The van der Waals surface area contributed by atoms with Gasteiger partial charge < -0.3 is 10.2 Å². The van der Waals surface area contributed by atoms with Crippen LogP contribution in [0.5, 0.6) is 0 Å². The maximum Gasteiger partial charge on any atom is 0.416 e. The molecule has 0 saturated carbocycles. The van der Waals surface area contributed by atoms with Gasteiger partial charge in [0.1, 0.15) is 6.10 Å². The molecule has 0 radical (unpaired) electrons. The Hall–Kier alpha value is -1.14. The van der Waals surface area contributed by atoms with E-state index in [4.69, 9.17) is 0 Å². The predicted molar refractivity (Wildman–Crippen MR) is 55.1 cm³/mol. The van der Waals surface area contributed by atoms with Crippen LogP contribution in [0.25, 0.3) is 0 Å². The van der Waals surface area contributed by atoms with Crippen molar-refractivity contribution in [2.75, 3.05) is 0 Å². The first-order valence-corrected chi connectivity index (χ1v) is 5.11. The second-order valence-corrected chi connectivity index (χ2v) is 4.07. The Morgan fingerprint density at radius 1 is 1.41 bits per heavy atom. The van der Waals surface area contributed by atoms with E-state index in [1.807, 2.05) is 0 Å². The Labute approximate surface area is 96.9 Å². The minimum atomic E-state index is -4.58. The summed E-state index contributed by atoms with van der Waals surface area (Å²) in [6.45, 7) is 2.86. The fourth-order valence-corrected chi connectivity index (χ4v) is 1.41. The van der Waals surface area contributed by atoms with Crippen molar-refractivity contribution in [1.82, 2.24) is 4.98 Å². The lowest BCUT2D eigenvalue weighted by molar-refractivity contribution is -0.141. The van der Waals surface area contributed by atoms with E-state index in [0.717, 1.165) is 18.5 Å². The third kappa shape index (κ3) is 2.95. The van der Waals surface area contributed by atoms with Crippen molar-refractivity contribution in [3.05, 3.63) is 29.6 Å². The Morgan fingerprint density at radius 2 is 2.00 bits per heavy atom. The van der Waals surface area contributed by atoms with Crippen LogP contribution in [0.4, 0.5) is 13.2 Å². The van der Waals surface area contributed by atoms with Gasteiger partial charge in [0.25, 0.3) is 0 Å². The fourth-order valence-electron chi connectivity index (χ4n) is 1.41. The largest absolute Gasteiger partial charge is 0.416 e. The van der Waals surface area contributed by atoms with Gasteiger partial charge >= 0.3 is 6.18 Å². The fraction of sp³-hybridized carbons (Fsp3) is 0.545. The number of aliphatic hydroxyl groups is 2. The third-order valence-electron chi connectivity index (χ3n) is 2.76. The van der Waals surface area contributed by atoms with Gasteiger partial charge in [-0.25, -0.2) is 0 Å². The molecule has 1 rings (SSSR count). The third-order valence-corrected chi connectivity index (χ3v) is 2.76. The number of hydrogen-bond donors (Lipinski definition) is 2. The molecule has 0 aliphatic rings. The number of pyridine rings is 1. The second kappa shape index (κ2) is 4.62. The Balaban J connectivity index is 3.23. The van der Waals surface area contributed by atoms with E-state index < -0.39 is 29.0 Å². The molecule has 0 bridgehead atoms. The van der Waals surface area contributed by atoms with Crippen molar-refractivity contribution in [1.29, 1.82) is 0 Å². The molecule has 0 amide bonds. The van der Waals surface area contributed by atoms with Crippen molar-refractivity contribution in [2.24, 2.45) is 0 Å². The second-order valence-electron chi connectivity index (χ2n) is 4.07. The topological polar surface area (TPSA) is 53.4 Å². The van der Waals surface area contributed by atoms with Gasteiger partial charge in [0.05, 0.1) is 11.2 Å². The molecule has 0 aliphatic carbocycles. The lowest BCUT2D eigenvalue weighted by Crippen LogP contribution is -2.33. The van der Waals surface area contributed by atoms with Crippen LogP contribution in [0, 0.1) is 0 Å². The average molecular weight is 249 g/mol. The Morgan fingerprint density at radius 3 is 2.47 bits per heavy atom. The van der Waals surface area contributed by atoms with E-state index in [0.29, 0.717) is 0 Å². The molecule has 1 aromatic rings. The highest BCUT2D eigenvalue weighted by Crippen LogP contribution is 2.37. The van der Waals surface area contributed by atoms with Gasteiger partial charge in [-0.05, 0) is 19.4 Å². The molecule has 0 spiro atoms. The predicted octanol–water partition coefficient (Wildman–Crippen LogP) is 2.29. The van der Waals surface area contributed by atoms with Crippen LogP contribution in [0.3, 0.4) is 0 Å². The summed E-state index contributed by atoms with van der Waals surface area (Å²) >= 11 is 0. The number of aliphatic hydroxyl groups excluding tert-OH is 1. The normalized spacial score (nSPS) is 17.6. The molecule has 0 aromatic carbocycles. The maximum atomic E-state index is 12.7. The highest BCUT2D eigenvalue weighted by Gasteiger charge is 2.39. The van der Waals surface area contributed by atoms with Gasteiger partial charge in [-0.3, -0.25) is 4.98 Å². The molecule has 2 N–H and O–H groups in total. The minimum absolute atomic E-state index is 0.125. The van der Waals surface area contributed by atoms with Gasteiger partial charge in [0.15, 0.2) is 0 Å². The standard InChI is InChI=1S/C11H14F3NO2/c1-3-10(2,17)9(16)7-6-15-5-4-8(7)11(12,13)14/h4-6,9,16-17H,3H2,1-2H3. The summed E-state index contributed by atoms with van der Waals surface area (Å²) in [7, 11) is 0. The molecule has 2 atom stereocenters. The molecule has 0 aliphatic heterocycles. The van der Waals surface area contributed by atoms with Gasteiger partial charge in [-0.1, -0.05) is 6.92 Å². The van der Waals surface area contributed by atoms with Crippen molar-refractivity contribution >= 4 is 0 Å². The summed E-state index contributed by atoms with van der Waals surface area (Å²) in [4.78, 5) is 3.56. The SMILES string of the molecule is CCC(C)(O)C(O)c1cnccc1C(F)(F)F. The Bertz CT molecular complexity index is 391. The number of nitrogens with zero attached hydrogens (tertiary/aromatic N) is 1. The molecule has 3 nitrogen and oxygen atoms in total. The van der Waals surface area contributed by atoms with Crippen molar-refractivity contribution in [3.63, 3.8) is 0 Å². The minimum Gasteiger partial charge on any atom is -0.387 e. The molecule has 6 heteroatoms. The number of aromatic nitrogens is 1. The van der Waals surface area contributed by atoms with Gasteiger partial charge in [0.2, 0.25) is 0 Å². The van der Waals surface area contributed by atoms with Gasteiger partial charge in [-0.2, -0.15) is 13.2 Å². The number of rotatable bonds is 3. The monoisotopic (exact) mass is 249 g/mol. The molecular formula is C11H14F3NO2. The lowest BCUT2D eigenvalue weighted by Gasteiger charge is -2.29. The van der Waals surface area contributed by atoms with Gasteiger partial charge in [-0.15, -0.1) is 0 Å². The van der Waals surface area contributed by atoms with E-state index in [1.165, 1.54) is 6.92 Å². The maximum absolute atomic E-state index is 12.7. The van der Waals surface area contributed by atoms with Crippen molar-refractivity contribution in [3.8, 4) is 0 Å². The van der Waals surface area contributed by atoms with E-state index >= 15 is 0 Å². The average Bonchev–Trinajstić information content (AvgIpc) is 2.27. The molecule has 1 heterocycles. The molecule has 1 aromatic heterocycles. The smallest absolute Gasteiger partial charge is 0.387 e. The van der Waals surface area contributed by atoms with Crippen molar-refractivity contribution in [2.45, 2.75) is 38.1 Å². The van der Waals surface area contributed by atoms with Crippen LogP contribution in [0.2, 0.25) is 0 Å². The highest BCUT2D eigenvalue weighted by atomic mass is 19.4. The molecule has 96 valence electrons. The van der Waals surface area contributed by atoms with Crippen LogP contribution in [0.15, 0.2) is 18.5 Å². The number of hydrogen-bond acceptors (Lipinski definition) is 3. The van der Waals surface area contributed by atoms with Crippen molar-refractivity contribution < 1.29 is 23.4 Å². The molecule has 0 saturated heterocycles. The summed E-state index contributed by atoms with van der Waals surface area (Å²) < 4.78 is 38.0. The molecule has 2 unspecified atom stereocenters. The summed E-state index contributed by atoms with van der Waals surface area (Å²) in [5.74, 6) is 0. The highest BCUT2D eigenvalue weighted by molar-refractivity contribution is 5.29. The van der Waals surface area contributed by atoms with E-state index in [2.05, 4.69) is 4.98 Å². The van der Waals surface area contributed by atoms with Crippen LogP contribution < -0.4 is 0 Å². The summed E-state index contributed by atoms with van der Waals surface area (Å²) in [6, 6.07) is 0.782. The van der Waals surface area contributed by atoms with E-state index in [-0.39, 0.29) is 6.42 Å². The lowest BCUT2D eigenvalue weighted by atomic mass is 9.89. The first-order valence-electron chi connectivity index (χ1n) is 5.11. The zero-order chi connectivity index (χ0) is 13.3. The summed E-state index contributed by atoms with van der Waals surface area (Å²) in [6.07, 6.45) is -4.15. The summed E-state index contributed by atoms with van der Waals surface area (Å²) in [5, 5.41) is 19.6. The molecule has 17 heavy (non-hydrogen) atoms. The van der Waals surface area contributed by atoms with E-state index in [1.54, 1.807) is 6.92 Å². The quantitative estimate of drug-likeness (QED) is 0.864. The zero-order valence-corrected chi connectivity index (χ0v) is 9.49. The van der Waals surface area contributed by atoms with Crippen LogP contribution in [-0.4, -0.2) is 20.8 Å². The van der Waals surface area contributed by atoms with E-state index in [9.17, 15) is 23.4 Å². The summed E-state index contributed by atoms with van der Waals surface area (Å²) in [5.41, 5.74) is -3.01. The van der Waals surface area contributed by atoms with Crippen LogP contribution in [0.1, 0.15) is 37.5 Å². The first kappa shape index (κ1) is 13.9. The zero-order valence-electron chi connectivity index (χ0n) is 9.49.